The van der Waals surface area contributed by atoms with E-state index in [2.05, 4.69) is 32.0 Å². The molecule has 0 aliphatic heterocycles. The summed E-state index contributed by atoms with van der Waals surface area (Å²) >= 11 is 0. The van der Waals surface area contributed by atoms with Gasteiger partial charge in [0.05, 0.1) is 6.54 Å². The predicted octanol–water partition coefficient (Wildman–Crippen LogP) is 2.24. The van der Waals surface area contributed by atoms with Crippen molar-refractivity contribution in [3.8, 4) is 5.69 Å². The van der Waals surface area contributed by atoms with Crippen molar-refractivity contribution < 1.29 is 0 Å². The summed E-state index contributed by atoms with van der Waals surface area (Å²) in [5.74, 6) is 1.69. The van der Waals surface area contributed by atoms with Crippen molar-refractivity contribution in [1.82, 2.24) is 25.0 Å². The molecule has 1 N–H and O–H groups in total. The van der Waals surface area contributed by atoms with Gasteiger partial charge in [0.2, 0.25) is 0 Å². The van der Waals surface area contributed by atoms with Gasteiger partial charge in [-0.05, 0) is 25.0 Å². The molecule has 6 nitrogen and oxygen atoms in total. The van der Waals surface area contributed by atoms with Crippen LogP contribution in [0.2, 0.25) is 0 Å². The number of para-hydroxylation sites is 1. The Labute approximate surface area is 137 Å². The van der Waals surface area contributed by atoms with E-state index in [1.165, 1.54) is 0 Å². The number of rotatable bonds is 7. The van der Waals surface area contributed by atoms with E-state index in [1.807, 2.05) is 48.0 Å². The Morgan fingerprint density at radius 2 is 2.17 bits per heavy atom. The predicted molar refractivity (Wildman–Crippen MR) is 93.6 cm³/mol. The molecule has 1 aromatic heterocycles. The Balaban J connectivity index is 1.98. The summed E-state index contributed by atoms with van der Waals surface area (Å²) in [4.78, 5) is 6.42. The lowest BCUT2D eigenvalue weighted by Crippen LogP contribution is -2.39. The smallest absolute Gasteiger partial charge is 0.193 e. The van der Waals surface area contributed by atoms with Crippen LogP contribution in [0.15, 0.2) is 54.3 Å². The first kappa shape index (κ1) is 16.7. The van der Waals surface area contributed by atoms with Gasteiger partial charge in [0.25, 0.3) is 0 Å². The van der Waals surface area contributed by atoms with Crippen LogP contribution in [0.3, 0.4) is 0 Å². The molecule has 0 bridgehead atoms. The van der Waals surface area contributed by atoms with Crippen LogP contribution in [0, 0.1) is 0 Å². The van der Waals surface area contributed by atoms with Crippen LogP contribution in [0.5, 0.6) is 0 Å². The van der Waals surface area contributed by atoms with E-state index in [-0.39, 0.29) is 0 Å². The number of aromatic nitrogens is 3. The molecule has 122 valence electrons. The minimum absolute atomic E-state index is 0.563. The van der Waals surface area contributed by atoms with E-state index in [0.717, 1.165) is 36.9 Å². The van der Waals surface area contributed by atoms with Crippen LogP contribution < -0.4 is 5.32 Å². The molecule has 1 heterocycles. The first-order valence-electron chi connectivity index (χ1n) is 7.73. The van der Waals surface area contributed by atoms with E-state index < -0.39 is 0 Å². The third-order valence-corrected chi connectivity index (χ3v) is 3.53. The molecule has 0 unspecified atom stereocenters. The molecule has 0 radical (unpaired) electrons. The molecule has 1 aromatic carbocycles. The number of allylic oxidation sites excluding steroid dienone is 1. The maximum atomic E-state index is 4.32. The molecule has 6 heteroatoms. The average Bonchev–Trinajstić information content (AvgIpc) is 3.05. The summed E-state index contributed by atoms with van der Waals surface area (Å²) in [6, 6.07) is 10.1. The van der Waals surface area contributed by atoms with Crippen LogP contribution in [-0.4, -0.2) is 46.3 Å². The summed E-state index contributed by atoms with van der Waals surface area (Å²) in [6.45, 7) is 5.24. The Hall–Kier alpha value is -2.63. The fourth-order valence-electron chi connectivity index (χ4n) is 2.31. The summed E-state index contributed by atoms with van der Waals surface area (Å²) in [5, 5.41) is 11.5. The molecule has 2 rings (SSSR count). The molecule has 0 aliphatic carbocycles. The molecule has 0 spiro atoms. The Kier molecular flexibility index (Phi) is 6.35. The van der Waals surface area contributed by atoms with Crippen molar-refractivity contribution in [2.75, 3.05) is 20.6 Å². The highest BCUT2D eigenvalue weighted by Gasteiger charge is 2.09. The number of guanidine groups is 1. The summed E-state index contributed by atoms with van der Waals surface area (Å²) in [5.41, 5.74) is 1.05. The van der Waals surface area contributed by atoms with Crippen LogP contribution in [0.4, 0.5) is 0 Å². The highest BCUT2D eigenvalue weighted by molar-refractivity contribution is 5.79. The SMILES string of the molecule is C=CCCCN(C)C(=NC)NCc1nncn1-c1ccccc1. The number of hydrogen-bond donors (Lipinski definition) is 1. The number of aliphatic imine (C=N–C) groups is 1. The molecular weight excluding hydrogens is 288 g/mol. The van der Waals surface area contributed by atoms with Gasteiger partial charge in [0, 0.05) is 26.3 Å². The monoisotopic (exact) mass is 312 g/mol. The Bertz CT molecular complexity index is 632. The average molecular weight is 312 g/mol. The first-order valence-corrected chi connectivity index (χ1v) is 7.73. The normalized spacial score (nSPS) is 11.3. The van der Waals surface area contributed by atoms with Crippen molar-refractivity contribution in [3.63, 3.8) is 0 Å². The second kappa shape index (κ2) is 8.73. The molecule has 0 aliphatic rings. The van der Waals surface area contributed by atoms with Gasteiger partial charge in [0.1, 0.15) is 6.33 Å². The Morgan fingerprint density at radius 3 is 2.87 bits per heavy atom. The highest BCUT2D eigenvalue weighted by atomic mass is 15.3. The summed E-state index contributed by atoms with van der Waals surface area (Å²) < 4.78 is 1.97. The third-order valence-electron chi connectivity index (χ3n) is 3.53. The van der Waals surface area contributed by atoms with E-state index in [1.54, 1.807) is 13.4 Å². The van der Waals surface area contributed by atoms with Gasteiger partial charge in [-0.2, -0.15) is 0 Å². The number of hydrogen-bond acceptors (Lipinski definition) is 3. The molecule has 2 aromatic rings. The lowest BCUT2D eigenvalue weighted by Gasteiger charge is -2.21. The van der Waals surface area contributed by atoms with Crippen LogP contribution in [0.1, 0.15) is 18.7 Å². The third kappa shape index (κ3) is 4.67. The minimum Gasteiger partial charge on any atom is -0.349 e. The summed E-state index contributed by atoms with van der Waals surface area (Å²) in [6.07, 6.45) is 5.72. The van der Waals surface area contributed by atoms with Gasteiger partial charge in [-0.25, -0.2) is 0 Å². The Morgan fingerprint density at radius 1 is 1.39 bits per heavy atom. The maximum absolute atomic E-state index is 4.32. The molecule has 0 atom stereocenters. The van der Waals surface area contributed by atoms with Crippen molar-refractivity contribution in [3.05, 3.63) is 55.1 Å². The van der Waals surface area contributed by atoms with Crippen LogP contribution in [0.25, 0.3) is 5.69 Å². The molecule has 0 fully saturated rings. The van der Waals surface area contributed by atoms with E-state index in [9.17, 15) is 0 Å². The van der Waals surface area contributed by atoms with Crippen LogP contribution >= 0.6 is 0 Å². The van der Waals surface area contributed by atoms with E-state index >= 15 is 0 Å². The van der Waals surface area contributed by atoms with Crippen molar-refractivity contribution in [1.29, 1.82) is 0 Å². The van der Waals surface area contributed by atoms with Gasteiger partial charge in [0.15, 0.2) is 11.8 Å². The topological polar surface area (TPSA) is 58.3 Å². The van der Waals surface area contributed by atoms with E-state index in [4.69, 9.17) is 0 Å². The van der Waals surface area contributed by atoms with Gasteiger partial charge < -0.3 is 10.2 Å². The second-order valence-electron chi connectivity index (χ2n) is 5.21. The standard InChI is InChI=1S/C17H24N6/c1-4-5-9-12-22(3)17(18-2)19-13-16-21-20-14-23(16)15-10-7-6-8-11-15/h4,6-8,10-11,14H,1,5,9,12-13H2,2-3H3,(H,18,19). The molecule has 0 amide bonds. The zero-order valence-corrected chi connectivity index (χ0v) is 13.8. The van der Waals surface area contributed by atoms with Crippen molar-refractivity contribution in [2.45, 2.75) is 19.4 Å². The molecule has 0 saturated heterocycles. The maximum Gasteiger partial charge on any atom is 0.193 e. The largest absolute Gasteiger partial charge is 0.349 e. The summed E-state index contributed by atoms with van der Waals surface area (Å²) in [7, 11) is 3.81. The zero-order chi connectivity index (χ0) is 16.5. The quantitative estimate of drug-likeness (QED) is 0.369. The van der Waals surface area contributed by atoms with Gasteiger partial charge in [-0.15, -0.1) is 16.8 Å². The first-order chi connectivity index (χ1) is 11.3. The lowest BCUT2D eigenvalue weighted by molar-refractivity contribution is 0.468. The molecule has 0 saturated carbocycles. The van der Waals surface area contributed by atoms with E-state index in [0.29, 0.717) is 6.54 Å². The minimum atomic E-state index is 0.563. The van der Waals surface area contributed by atoms with Crippen molar-refractivity contribution >= 4 is 5.96 Å². The molecule has 23 heavy (non-hydrogen) atoms. The zero-order valence-electron chi connectivity index (χ0n) is 13.8. The number of nitrogens with one attached hydrogen (secondary N) is 1. The lowest BCUT2D eigenvalue weighted by atomic mass is 10.3. The van der Waals surface area contributed by atoms with Crippen molar-refractivity contribution in [2.24, 2.45) is 4.99 Å². The fraction of sp³-hybridized carbons (Fsp3) is 0.353. The van der Waals surface area contributed by atoms with Gasteiger partial charge in [-0.1, -0.05) is 24.3 Å². The van der Waals surface area contributed by atoms with Gasteiger partial charge >= 0.3 is 0 Å². The van der Waals surface area contributed by atoms with Gasteiger partial charge in [-0.3, -0.25) is 9.56 Å². The van der Waals surface area contributed by atoms with Crippen LogP contribution in [-0.2, 0) is 6.54 Å². The number of unbranched alkanes of at least 4 members (excludes halogenated alkanes) is 1. The number of benzene rings is 1. The number of nitrogens with zero attached hydrogens (tertiary/aromatic N) is 5. The fourth-order valence-corrected chi connectivity index (χ4v) is 2.31. The second-order valence-corrected chi connectivity index (χ2v) is 5.21. The highest BCUT2D eigenvalue weighted by Crippen LogP contribution is 2.08. The molecular formula is C17H24N6.